The summed E-state index contributed by atoms with van der Waals surface area (Å²) in [5.41, 5.74) is 1.60. The first-order chi connectivity index (χ1) is 10.8. The lowest BCUT2D eigenvalue weighted by atomic mass is 9.94. The van der Waals surface area contributed by atoms with Crippen molar-refractivity contribution < 1.29 is 9.90 Å². The van der Waals surface area contributed by atoms with Crippen LogP contribution in [0.2, 0.25) is 0 Å². The zero-order chi connectivity index (χ0) is 16.9. The van der Waals surface area contributed by atoms with E-state index in [1.54, 1.807) is 26.0 Å². The number of carbonyl (C=O) groups is 1. The lowest BCUT2D eigenvalue weighted by Gasteiger charge is -2.21. The number of amides is 1. The van der Waals surface area contributed by atoms with Gasteiger partial charge in [-0.3, -0.25) is 4.79 Å². The number of aliphatic hydroxyl groups is 1. The predicted octanol–water partition coefficient (Wildman–Crippen LogP) is 3.43. The summed E-state index contributed by atoms with van der Waals surface area (Å²) in [5.74, 6) is 5.58. The molecule has 23 heavy (non-hydrogen) atoms. The summed E-state index contributed by atoms with van der Waals surface area (Å²) in [7, 11) is 0. The van der Waals surface area contributed by atoms with Gasteiger partial charge in [-0.05, 0) is 64.7 Å². The Kier molecular flexibility index (Phi) is 5.63. The second kappa shape index (κ2) is 7.48. The standard InChI is InChI=1S/C20H25NO2/c1-15(17-9-5-4-6-10-17)21-19(22)18-11-7-8-16(14-18)12-13-20(2,3)23/h7-9,11,14-15,23H,4-6,10H2,1-3H3,(H,21,22)/t15-/m0/s1. The first-order valence-corrected chi connectivity index (χ1v) is 8.20. The molecule has 2 N–H and O–H groups in total. The summed E-state index contributed by atoms with van der Waals surface area (Å²) in [6.45, 7) is 5.30. The molecule has 0 aromatic heterocycles. The zero-order valence-electron chi connectivity index (χ0n) is 14.1. The molecule has 2 rings (SSSR count). The molecular formula is C20H25NO2. The molecule has 122 valence electrons. The number of hydrogen-bond acceptors (Lipinski definition) is 2. The van der Waals surface area contributed by atoms with Crippen molar-refractivity contribution in [3.8, 4) is 11.8 Å². The van der Waals surface area contributed by atoms with Gasteiger partial charge in [0.15, 0.2) is 0 Å². The highest BCUT2D eigenvalue weighted by atomic mass is 16.3. The van der Waals surface area contributed by atoms with Crippen molar-refractivity contribution in [2.75, 3.05) is 0 Å². The molecule has 1 aromatic carbocycles. The molecule has 0 radical (unpaired) electrons. The van der Waals surface area contributed by atoms with E-state index in [2.05, 4.69) is 23.2 Å². The molecule has 0 heterocycles. The maximum atomic E-state index is 12.4. The number of nitrogens with one attached hydrogen (secondary N) is 1. The summed E-state index contributed by atoms with van der Waals surface area (Å²) in [5, 5.41) is 12.7. The lowest BCUT2D eigenvalue weighted by molar-refractivity contribution is 0.0944. The maximum Gasteiger partial charge on any atom is 0.251 e. The minimum atomic E-state index is -1.04. The Labute approximate surface area is 138 Å². The van der Waals surface area contributed by atoms with Crippen LogP contribution in [0.15, 0.2) is 35.9 Å². The number of hydrogen-bond donors (Lipinski definition) is 2. The van der Waals surface area contributed by atoms with Crippen molar-refractivity contribution in [2.45, 2.75) is 58.1 Å². The first-order valence-electron chi connectivity index (χ1n) is 8.20. The average molecular weight is 311 g/mol. The summed E-state index contributed by atoms with van der Waals surface area (Å²) in [6.07, 6.45) is 6.87. The second-order valence-corrected chi connectivity index (χ2v) is 6.61. The zero-order valence-corrected chi connectivity index (χ0v) is 14.1. The van der Waals surface area contributed by atoms with Crippen molar-refractivity contribution in [1.29, 1.82) is 0 Å². The van der Waals surface area contributed by atoms with Crippen LogP contribution in [0.25, 0.3) is 0 Å². The molecule has 3 heteroatoms. The van der Waals surface area contributed by atoms with Crippen LogP contribution in [0, 0.1) is 11.8 Å². The number of allylic oxidation sites excluding steroid dienone is 1. The Morgan fingerprint density at radius 2 is 2.13 bits per heavy atom. The highest BCUT2D eigenvalue weighted by molar-refractivity contribution is 5.94. The van der Waals surface area contributed by atoms with Crippen molar-refractivity contribution in [3.63, 3.8) is 0 Å². The Hall–Kier alpha value is -2.05. The molecule has 1 aromatic rings. The largest absolute Gasteiger partial charge is 0.378 e. The average Bonchev–Trinajstić information content (AvgIpc) is 2.53. The molecule has 0 saturated heterocycles. The summed E-state index contributed by atoms with van der Waals surface area (Å²) in [4.78, 5) is 12.4. The Morgan fingerprint density at radius 1 is 1.35 bits per heavy atom. The Morgan fingerprint density at radius 3 is 2.78 bits per heavy atom. The van der Waals surface area contributed by atoms with Gasteiger partial charge >= 0.3 is 0 Å². The molecule has 1 aliphatic rings. The molecule has 1 aliphatic carbocycles. The van der Waals surface area contributed by atoms with E-state index in [0.717, 1.165) is 18.4 Å². The van der Waals surface area contributed by atoms with E-state index in [4.69, 9.17) is 0 Å². The fraction of sp³-hybridized carbons (Fsp3) is 0.450. The van der Waals surface area contributed by atoms with Gasteiger partial charge < -0.3 is 10.4 Å². The normalized spacial score (nSPS) is 15.9. The SMILES string of the molecule is C[C@H](NC(=O)c1cccc(C#CC(C)(C)O)c1)C1=CCCCC1. The van der Waals surface area contributed by atoms with Crippen LogP contribution in [0.5, 0.6) is 0 Å². The van der Waals surface area contributed by atoms with E-state index in [9.17, 15) is 9.90 Å². The van der Waals surface area contributed by atoms with Gasteiger partial charge in [-0.2, -0.15) is 0 Å². The van der Waals surface area contributed by atoms with E-state index < -0.39 is 5.60 Å². The van der Waals surface area contributed by atoms with Crippen LogP contribution in [0.4, 0.5) is 0 Å². The molecule has 0 unspecified atom stereocenters. The van der Waals surface area contributed by atoms with Crippen LogP contribution in [0.3, 0.4) is 0 Å². The third-order valence-corrected chi connectivity index (χ3v) is 3.87. The van der Waals surface area contributed by atoms with Crippen LogP contribution < -0.4 is 5.32 Å². The van der Waals surface area contributed by atoms with E-state index in [1.807, 2.05) is 19.1 Å². The molecule has 1 amide bonds. The van der Waals surface area contributed by atoms with Gasteiger partial charge in [0.25, 0.3) is 5.91 Å². The van der Waals surface area contributed by atoms with E-state index in [1.165, 1.54) is 18.4 Å². The van der Waals surface area contributed by atoms with Crippen LogP contribution in [-0.4, -0.2) is 22.7 Å². The topological polar surface area (TPSA) is 49.3 Å². The van der Waals surface area contributed by atoms with Gasteiger partial charge in [0.1, 0.15) is 5.60 Å². The molecule has 3 nitrogen and oxygen atoms in total. The Bertz CT molecular complexity index is 656. The van der Waals surface area contributed by atoms with Gasteiger partial charge in [-0.1, -0.05) is 29.6 Å². The van der Waals surface area contributed by atoms with Gasteiger partial charge in [0, 0.05) is 17.2 Å². The number of carbonyl (C=O) groups excluding carboxylic acids is 1. The number of benzene rings is 1. The van der Waals surface area contributed by atoms with Crippen molar-refractivity contribution in [3.05, 3.63) is 47.0 Å². The van der Waals surface area contributed by atoms with Crippen LogP contribution in [-0.2, 0) is 0 Å². The molecule has 0 fully saturated rings. The maximum absolute atomic E-state index is 12.4. The monoisotopic (exact) mass is 311 g/mol. The molecule has 0 aliphatic heterocycles. The fourth-order valence-corrected chi connectivity index (χ4v) is 2.59. The summed E-state index contributed by atoms with van der Waals surface area (Å²) in [6, 6.07) is 7.26. The molecule has 0 spiro atoms. The van der Waals surface area contributed by atoms with Crippen molar-refractivity contribution in [2.24, 2.45) is 0 Å². The quantitative estimate of drug-likeness (QED) is 0.664. The second-order valence-electron chi connectivity index (χ2n) is 6.61. The molecule has 0 bridgehead atoms. The van der Waals surface area contributed by atoms with Gasteiger partial charge in [0.2, 0.25) is 0 Å². The molecule has 1 atom stereocenters. The fourth-order valence-electron chi connectivity index (χ4n) is 2.59. The van der Waals surface area contributed by atoms with Crippen molar-refractivity contribution in [1.82, 2.24) is 5.32 Å². The van der Waals surface area contributed by atoms with Crippen molar-refractivity contribution >= 4 is 5.91 Å². The van der Waals surface area contributed by atoms with E-state index in [0.29, 0.717) is 5.56 Å². The van der Waals surface area contributed by atoms with E-state index in [-0.39, 0.29) is 11.9 Å². The Balaban J connectivity index is 2.07. The van der Waals surface area contributed by atoms with Gasteiger partial charge in [0.05, 0.1) is 0 Å². The number of rotatable bonds is 3. The van der Waals surface area contributed by atoms with Crippen LogP contribution in [0.1, 0.15) is 62.4 Å². The minimum Gasteiger partial charge on any atom is -0.378 e. The van der Waals surface area contributed by atoms with E-state index >= 15 is 0 Å². The highest BCUT2D eigenvalue weighted by Crippen LogP contribution is 2.20. The highest BCUT2D eigenvalue weighted by Gasteiger charge is 2.15. The minimum absolute atomic E-state index is 0.0638. The first kappa shape index (κ1) is 17.3. The molecular weight excluding hydrogens is 286 g/mol. The third kappa shape index (κ3) is 5.58. The molecule has 0 saturated carbocycles. The smallest absolute Gasteiger partial charge is 0.251 e. The van der Waals surface area contributed by atoms with Gasteiger partial charge in [-0.25, -0.2) is 0 Å². The summed E-state index contributed by atoms with van der Waals surface area (Å²) < 4.78 is 0. The van der Waals surface area contributed by atoms with Gasteiger partial charge in [-0.15, -0.1) is 0 Å². The lowest BCUT2D eigenvalue weighted by Crippen LogP contribution is -2.34. The third-order valence-electron chi connectivity index (χ3n) is 3.87. The summed E-state index contributed by atoms with van der Waals surface area (Å²) >= 11 is 0. The predicted molar refractivity (Wildman–Crippen MR) is 93.1 cm³/mol. The van der Waals surface area contributed by atoms with Crippen LogP contribution >= 0.6 is 0 Å².